The summed E-state index contributed by atoms with van der Waals surface area (Å²) < 4.78 is 15.1. The number of nitrogens with one attached hydrogen (secondary N) is 1. The minimum absolute atomic E-state index is 0.0219. The summed E-state index contributed by atoms with van der Waals surface area (Å²) in [7, 11) is 1.26. The summed E-state index contributed by atoms with van der Waals surface area (Å²) in [6.45, 7) is 5.47. The fourth-order valence-corrected chi connectivity index (χ4v) is 2.24. The molecule has 1 N–H and O–H groups in total. The zero-order valence-electron chi connectivity index (χ0n) is 15.7. The number of hydrogen-bond donors (Lipinski definition) is 1. The molecule has 0 fully saturated rings. The average Bonchev–Trinajstić information content (AvgIpc) is 2.60. The van der Waals surface area contributed by atoms with Crippen molar-refractivity contribution in [3.05, 3.63) is 29.8 Å². The number of esters is 2. The number of methoxy groups -OCH3 is 1. The van der Waals surface area contributed by atoms with E-state index >= 15 is 0 Å². The second-order valence-corrected chi connectivity index (χ2v) is 6.30. The molecule has 0 saturated heterocycles. The predicted octanol–water partition coefficient (Wildman–Crippen LogP) is 2.01. The van der Waals surface area contributed by atoms with Gasteiger partial charge in [0.2, 0.25) is 0 Å². The summed E-state index contributed by atoms with van der Waals surface area (Å²) in [4.78, 5) is 35.2. The van der Waals surface area contributed by atoms with Crippen LogP contribution in [-0.4, -0.2) is 44.2 Å². The lowest BCUT2D eigenvalue weighted by Gasteiger charge is -2.18. The first kappa shape index (κ1) is 21.5. The molecule has 7 heteroatoms. The Balaban J connectivity index is 2.33. The molecule has 1 amide bonds. The summed E-state index contributed by atoms with van der Waals surface area (Å²) in [5.74, 6) is -0.723. The largest absolute Gasteiger partial charge is 0.493 e. The van der Waals surface area contributed by atoms with Crippen LogP contribution >= 0.6 is 0 Å². The summed E-state index contributed by atoms with van der Waals surface area (Å²) >= 11 is 0. The molecule has 0 aromatic heterocycles. The highest BCUT2D eigenvalue weighted by atomic mass is 16.5. The lowest BCUT2D eigenvalue weighted by molar-refractivity contribution is -0.150. The Bertz CT molecular complexity index is 614. The van der Waals surface area contributed by atoms with Gasteiger partial charge in [-0.15, -0.1) is 0 Å². The zero-order chi connectivity index (χ0) is 19.5. The molecule has 1 unspecified atom stereocenters. The van der Waals surface area contributed by atoms with Crippen molar-refractivity contribution in [1.82, 2.24) is 5.32 Å². The van der Waals surface area contributed by atoms with Crippen LogP contribution in [0.1, 0.15) is 32.3 Å². The molecule has 1 atom stereocenters. The fourth-order valence-electron chi connectivity index (χ4n) is 2.24. The van der Waals surface area contributed by atoms with Gasteiger partial charge < -0.3 is 19.5 Å². The number of amides is 1. The standard InChI is InChI=1S/C19H27NO6/c1-13(2)11-15(19(23)24-4)20-17(21)12-26-18(22)9-10-25-16-8-6-5-7-14(16)3/h5-8,13,15H,9-12H2,1-4H3,(H,20,21). The van der Waals surface area contributed by atoms with E-state index in [4.69, 9.17) is 9.47 Å². The van der Waals surface area contributed by atoms with Gasteiger partial charge in [-0.05, 0) is 30.9 Å². The van der Waals surface area contributed by atoms with Crippen molar-refractivity contribution < 1.29 is 28.6 Å². The normalized spacial score (nSPS) is 11.6. The van der Waals surface area contributed by atoms with Crippen molar-refractivity contribution in [3.63, 3.8) is 0 Å². The summed E-state index contributed by atoms with van der Waals surface area (Å²) in [5, 5.41) is 2.52. The number of rotatable bonds is 10. The second kappa shape index (κ2) is 11.1. The third-order valence-corrected chi connectivity index (χ3v) is 3.55. The van der Waals surface area contributed by atoms with Crippen LogP contribution in [0.4, 0.5) is 0 Å². The Morgan fingerprint density at radius 2 is 1.85 bits per heavy atom. The van der Waals surface area contributed by atoms with Crippen molar-refractivity contribution in [2.75, 3.05) is 20.3 Å². The molecule has 0 bridgehead atoms. The van der Waals surface area contributed by atoms with Crippen molar-refractivity contribution in [2.24, 2.45) is 5.92 Å². The Hall–Kier alpha value is -2.57. The molecule has 0 aliphatic rings. The van der Waals surface area contributed by atoms with E-state index in [0.717, 1.165) is 5.56 Å². The van der Waals surface area contributed by atoms with Gasteiger partial charge in [-0.3, -0.25) is 9.59 Å². The average molecular weight is 365 g/mol. The molecule has 1 aromatic rings. The van der Waals surface area contributed by atoms with E-state index in [2.05, 4.69) is 10.1 Å². The predicted molar refractivity (Wildman–Crippen MR) is 95.7 cm³/mol. The molecule has 0 spiro atoms. The molecule has 7 nitrogen and oxygen atoms in total. The SMILES string of the molecule is COC(=O)C(CC(C)C)NC(=O)COC(=O)CCOc1ccccc1C. The molecule has 0 aliphatic heterocycles. The highest BCUT2D eigenvalue weighted by molar-refractivity contribution is 5.86. The topological polar surface area (TPSA) is 90.9 Å². The smallest absolute Gasteiger partial charge is 0.328 e. The van der Waals surface area contributed by atoms with E-state index < -0.39 is 30.5 Å². The van der Waals surface area contributed by atoms with Crippen LogP contribution in [0.2, 0.25) is 0 Å². The van der Waals surface area contributed by atoms with Gasteiger partial charge in [0, 0.05) is 0 Å². The van der Waals surface area contributed by atoms with E-state index in [-0.39, 0.29) is 18.9 Å². The number of hydrogen-bond acceptors (Lipinski definition) is 6. The van der Waals surface area contributed by atoms with E-state index in [9.17, 15) is 14.4 Å². The van der Waals surface area contributed by atoms with Crippen LogP contribution in [-0.2, 0) is 23.9 Å². The molecular weight excluding hydrogens is 338 g/mol. The van der Waals surface area contributed by atoms with E-state index in [1.165, 1.54) is 7.11 Å². The van der Waals surface area contributed by atoms with E-state index in [0.29, 0.717) is 12.2 Å². The van der Waals surface area contributed by atoms with Crippen molar-refractivity contribution in [3.8, 4) is 5.75 Å². The van der Waals surface area contributed by atoms with Gasteiger partial charge >= 0.3 is 11.9 Å². The molecule has 1 rings (SSSR count). The first-order valence-electron chi connectivity index (χ1n) is 8.54. The summed E-state index contributed by atoms with van der Waals surface area (Å²) in [5.41, 5.74) is 0.972. The van der Waals surface area contributed by atoms with Crippen LogP contribution in [0, 0.1) is 12.8 Å². The Morgan fingerprint density at radius 1 is 1.15 bits per heavy atom. The molecule has 0 saturated carbocycles. The Labute approximate surface area is 154 Å². The monoisotopic (exact) mass is 365 g/mol. The maximum Gasteiger partial charge on any atom is 0.328 e. The Kier molecular flexibility index (Phi) is 9.19. The highest BCUT2D eigenvalue weighted by Gasteiger charge is 2.23. The van der Waals surface area contributed by atoms with Gasteiger partial charge in [-0.1, -0.05) is 32.0 Å². The third-order valence-electron chi connectivity index (χ3n) is 3.55. The molecule has 0 heterocycles. The van der Waals surface area contributed by atoms with Crippen LogP contribution < -0.4 is 10.1 Å². The second-order valence-electron chi connectivity index (χ2n) is 6.30. The van der Waals surface area contributed by atoms with Gasteiger partial charge in [-0.2, -0.15) is 0 Å². The molecular formula is C19H27NO6. The van der Waals surface area contributed by atoms with Crippen molar-refractivity contribution in [1.29, 1.82) is 0 Å². The van der Waals surface area contributed by atoms with Crippen LogP contribution in [0.5, 0.6) is 5.75 Å². The quantitative estimate of drug-likeness (QED) is 0.638. The molecule has 26 heavy (non-hydrogen) atoms. The summed E-state index contributed by atoms with van der Waals surface area (Å²) in [6, 6.07) is 6.72. The Morgan fingerprint density at radius 3 is 2.46 bits per heavy atom. The molecule has 0 aliphatic carbocycles. The minimum Gasteiger partial charge on any atom is -0.493 e. The third kappa shape index (κ3) is 8.00. The first-order valence-corrected chi connectivity index (χ1v) is 8.54. The number of carbonyl (C=O) groups excluding carboxylic acids is 3. The number of carbonyl (C=O) groups is 3. The van der Waals surface area contributed by atoms with Gasteiger partial charge in [0.05, 0.1) is 20.1 Å². The molecule has 144 valence electrons. The van der Waals surface area contributed by atoms with E-state index in [1.54, 1.807) is 0 Å². The van der Waals surface area contributed by atoms with Gasteiger partial charge in [0.25, 0.3) is 5.91 Å². The maximum absolute atomic E-state index is 11.9. The van der Waals surface area contributed by atoms with Gasteiger partial charge in [0.1, 0.15) is 11.8 Å². The number of aryl methyl sites for hydroxylation is 1. The summed E-state index contributed by atoms with van der Waals surface area (Å²) in [6.07, 6.45) is 0.463. The lowest BCUT2D eigenvalue weighted by Crippen LogP contribution is -2.44. The maximum atomic E-state index is 11.9. The molecule has 1 aromatic carbocycles. The van der Waals surface area contributed by atoms with Crippen LogP contribution in [0.15, 0.2) is 24.3 Å². The zero-order valence-corrected chi connectivity index (χ0v) is 15.7. The number of ether oxygens (including phenoxy) is 3. The van der Waals surface area contributed by atoms with E-state index in [1.807, 2.05) is 45.0 Å². The highest BCUT2D eigenvalue weighted by Crippen LogP contribution is 2.16. The van der Waals surface area contributed by atoms with Crippen LogP contribution in [0.3, 0.4) is 0 Å². The van der Waals surface area contributed by atoms with Gasteiger partial charge in [0.15, 0.2) is 6.61 Å². The minimum atomic E-state index is -0.754. The fraction of sp³-hybridized carbons (Fsp3) is 0.526. The first-order chi connectivity index (χ1) is 12.3. The lowest BCUT2D eigenvalue weighted by atomic mass is 10.0. The van der Waals surface area contributed by atoms with Crippen molar-refractivity contribution >= 4 is 17.8 Å². The van der Waals surface area contributed by atoms with Gasteiger partial charge in [-0.25, -0.2) is 4.79 Å². The number of benzene rings is 1. The molecule has 0 radical (unpaired) electrons. The van der Waals surface area contributed by atoms with Crippen LogP contribution in [0.25, 0.3) is 0 Å². The number of para-hydroxylation sites is 1. The van der Waals surface area contributed by atoms with Crippen molar-refractivity contribution in [2.45, 2.75) is 39.7 Å².